The highest BCUT2D eigenvalue weighted by Crippen LogP contribution is 2.40. The van der Waals surface area contributed by atoms with Crippen LogP contribution in [0.2, 0.25) is 0 Å². The molecular weight excluding hydrogens is 267 g/mol. The molecule has 0 N–H and O–H groups in total. The van der Waals surface area contributed by atoms with Crippen LogP contribution in [0.4, 0.5) is 27.6 Å². The number of aldehydes is 1. The molecule has 0 amide bonds. The minimum absolute atomic E-state index is 0.221. The van der Waals surface area contributed by atoms with Gasteiger partial charge in [0.05, 0.1) is 4.92 Å². The summed E-state index contributed by atoms with van der Waals surface area (Å²) in [5.41, 5.74) is -6.50. The zero-order valence-electron chi connectivity index (χ0n) is 8.24. The van der Waals surface area contributed by atoms with Crippen molar-refractivity contribution in [3.8, 4) is 0 Å². The highest BCUT2D eigenvalue weighted by atomic mass is 19.4. The van der Waals surface area contributed by atoms with Gasteiger partial charge in [-0.05, 0) is 0 Å². The zero-order chi connectivity index (χ0) is 14.1. The van der Waals surface area contributed by atoms with Crippen LogP contribution in [0.1, 0.15) is 28.0 Å². The zero-order valence-corrected chi connectivity index (χ0v) is 8.24. The van der Waals surface area contributed by atoms with Crippen LogP contribution in [0.3, 0.4) is 0 Å². The maximum Gasteiger partial charge on any atom is 0.440 e. The summed E-state index contributed by atoms with van der Waals surface area (Å²) >= 11 is 0. The third-order valence-electron chi connectivity index (χ3n) is 1.92. The van der Waals surface area contributed by atoms with Gasteiger partial charge in [-0.3, -0.25) is 14.9 Å². The van der Waals surface area contributed by atoms with Crippen LogP contribution in [-0.4, -0.2) is 16.2 Å². The summed E-state index contributed by atoms with van der Waals surface area (Å²) < 4.78 is 62.3. The minimum Gasteiger partial charge on any atom is -0.298 e. The first-order valence-electron chi connectivity index (χ1n) is 4.18. The summed E-state index contributed by atoms with van der Waals surface area (Å²) in [4.78, 5) is 21.9. The standard InChI is InChI=1S/C8H3F5N2O3/c9-7(10)4-3(2-16)1-14-6(8(11,12)13)5(4)15(17)18/h1-2,7H. The number of hydrogen-bond donors (Lipinski definition) is 0. The number of nitro groups is 1. The Morgan fingerprint density at radius 3 is 2.28 bits per heavy atom. The Morgan fingerprint density at radius 2 is 1.94 bits per heavy atom. The predicted octanol–water partition coefficient (Wildman–Crippen LogP) is 2.76. The van der Waals surface area contributed by atoms with Gasteiger partial charge in [-0.15, -0.1) is 0 Å². The number of carbonyl (C=O) groups excluding carboxylic acids is 1. The smallest absolute Gasteiger partial charge is 0.298 e. The number of carbonyl (C=O) groups is 1. The lowest BCUT2D eigenvalue weighted by molar-refractivity contribution is -0.390. The molecule has 18 heavy (non-hydrogen) atoms. The molecule has 0 saturated heterocycles. The van der Waals surface area contributed by atoms with E-state index >= 15 is 0 Å². The van der Waals surface area contributed by atoms with Crippen LogP contribution in [0.15, 0.2) is 6.20 Å². The number of nitrogens with zero attached hydrogens (tertiary/aromatic N) is 2. The predicted molar refractivity (Wildman–Crippen MR) is 46.2 cm³/mol. The highest BCUT2D eigenvalue weighted by molar-refractivity contribution is 5.79. The Kier molecular flexibility index (Phi) is 3.58. The quantitative estimate of drug-likeness (QED) is 0.366. The third-order valence-corrected chi connectivity index (χ3v) is 1.92. The van der Waals surface area contributed by atoms with Gasteiger partial charge in [0.15, 0.2) is 6.29 Å². The van der Waals surface area contributed by atoms with E-state index < -0.39 is 40.0 Å². The van der Waals surface area contributed by atoms with Crippen molar-refractivity contribution >= 4 is 12.0 Å². The molecule has 0 unspecified atom stereocenters. The summed E-state index contributed by atoms with van der Waals surface area (Å²) in [7, 11) is 0. The van der Waals surface area contributed by atoms with E-state index in [0.29, 0.717) is 0 Å². The number of halogens is 5. The van der Waals surface area contributed by atoms with Crippen molar-refractivity contribution in [1.29, 1.82) is 0 Å². The average molecular weight is 270 g/mol. The molecule has 1 rings (SSSR count). The molecule has 0 atom stereocenters. The van der Waals surface area contributed by atoms with E-state index in [4.69, 9.17) is 0 Å². The molecule has 0 radical (unpaired) electrons. The molecule has 0 aliphatic rings. The number of pyridine rings is 1. The van der Waals surface area contributed by atoms with Gasteiger partial charge in [-0.1, -0.05) is 0 Å². The van der Waals surface area contributed by atoms with Gasteiger partial charge < -0.3 is 0 Å². The number of aromatic nitrogens is 1. The van der Waals surface area contributed by atoms with E-state index in [1.54, 1.807) is 0 Å². The fourth-order valence-corrected chi connectivity index (χ4v) is 1.24. The van der Waals surface area contributed by atoms with Crippen LogP contribution < -0.4 is 0 Å². The van der Waals surface area contributed by atoms with Crippen molar-refractivity contribution in [2.45, 2.75) is 12.6 Å². The van der Waals surface area contributed by atoms with E-state index in [0.717, 1.165) is 0 Å². The fraction of sp³-hybridized carbons (Fsp3) is 0.250. The van der Waals surface area contributed by atoms with E-state index in [9.17, 15) is 36.9 Å². The molecule has 98 valence electrons. The molecule has 0 aliphatic heterocycles. The van der Waals surface area contributed by atoms with Crippen molar-refractivity contribution in [3.05, 3.63) is 33.1 Å². The Morgan fingerprint density at radius 1 is 1.39 bits per heavy atom. The monoisotopic (exact) mass is 270 g/mol. The molecule has 0 aliphatic carbocycles. The first-order chi connectivity index (χ1) is 8.20. The third kappa shape index (κ3) is 2.41. The summed E-state index contributed by atoms with van der Waals surface area (Å²) in [6.45, 7) is 0. The molecule has 1 heterocycles. The number of rotatable bonds is 3. The van der Waals surface area contributed by atoms with Crippen LogP contribution in [0.5, 0.6) is 0 Å². The molecule has 0 bridgehead atoms. The van der Waals surface area contributed by atoms with E-state index in [2.05, 4.69) is 4.98 Å². The van der Waals surface area contributed by atoms with Gasteiger partial charge in [0.1, 0.15) is 5.56 Å². The topological polar surface area (TPSA) is 73.1 Å². The molecule has 5 nitrogen and oxygen atoms in total. The van der Waals surface area contributed by atoms with E-state index in [1.165, 1.54) is 0 Å². The van der Waals surface area contributed by atoms with Gasteiger partial charge in [-0.2, -0.15) is 13.2 Å². The van der Waals surface area contributed by atoms with Crippen molar-refractivity contribution in [2.24, 2.45) is 0 Å². The first-order valence-corrected chi connectivity index (χ1v) is 4.18. The lowest BCUT2D eigenvalue weighted by Crippen LogP contribution is -2.15. The second-order valence-electron chi connectivity index (χ2n) is 3.00. The molecule has 0 aromatic carbocycles. The Balaban J connectivity index is 3.74. The molecule has 0 spiro atoms. The molecule has 1 aromatic rings. The summed E-state index contributed by atoms with van der Waals surface area (Å²) in [6.07, 6.45) is -8.87. The summed E-state index contributed by atoms with van der Waals surface area (Å²) in [5, 5.41) is 10.5. The minimum atomic E-state index is -5.27. The lowest BCUT2D eigenvalue weighted by atomic mass is 10.1. The molecule has 0 fully saturated rings. The molecule has 10 heteroatoms. The van der Waals surface area contributed by atoms with Crippen LogP contribution >= 0.6 is 0 Å². The van der Waals surface area contributed by atoms with E-state index in [-0.39, 0.29) is 12.5 Å². The molecular formula is C8H3F5N2O3. The van der Waals surface area contributed by atoms with Gasteiger partial charge in [0.2, 0.25) is 5.69 Å². The van der Waals surface area contributed by atoms with Gasteiger partial charge in [0.25, 0.3) is 6.43 Å². The van der Waals surface area contributed by atoms with Crippen molar-refractivity contribution in [2.75, 3.05) is 0 Å². The van der Waals surface area contributed by atoms with Crippen LogP contribution in [0, 0.1) is 10.1 Å². The number of alkyl halides is 5. The SMILES string of the molecule is O=Cc1cnc(C(F)(F)F)c([N+](=O)[O-])c1C(F)F. The Bertz CT molecular complexity index is 500. The second-order valence-corrected chi connectivity index (χ2v) is 3.00. The highest BCUT2D eigenvalue weighted by Gasteiger charge is 2.44. The molecule has 1 aromatic heterocycles. The van der Waals surface area contributed by atoms with Gasteiger partial charge in [-0.25, -0.2) is 13.8 Å². The Labute approximate surface area is 95.4 Å². The molecule has 0 saturated carbocycles. The first kappa shape index (κ1) is 13.9. The summed E-state index contributed by atoms with van der Waals surface area (Å²) in [5.74, 6) is 0. The van der Waals surface area contributed by atoms with Gasteiger partial charge >= 0.3 is 11.9 Å². The number of hydrogen-bond acceptors (Lipinski definition) is 4. The second kappa shape index (κ2) is 4.63. The largest absolute Gasteiger partial charge is 0.440 e. The Hall–Kier alpha value is -2.13. The van der Waals surface area contributed by atoms with Crippen LogP contribution in [-0.2, 0) is 6.18 Å². The van der Waals surface area contributed by atoms with Crippen LogP contribution in [0.25, 0.3) is 0 Å². The van der Waals surface area contributed by atoms with Gasteiger partial charge in [0, 0.05) is 11.8 Å². The summed E-state index contributed by atoms with van der Waals surface area (Å²) in [6, 6.07) is 0. The van der Waals surface area contributed by atoms with Crippen molar-refractivity contribution < 1.29 is 31.7 Å². The normalized spacial score (nSPS) is 11.7. The van der Waals surface area contributed by atoms with Crippen molar-refractivity contribution in [1.82, 2.24) is 4.98 Å². The fourth-order valence-electron chi connectivity index (χ4n) is 1.24. The maximum atomic E-state index is 12.5. The lowest BCUT2D eigenvalue weighted by Gasteiger charge is -2.10. The van der Waals surface area contributed by atoms with Crippen molar-refractivity contribution in [3.63, 3.8) is 0 Å². The van der Waals surface area contributed by atoms with E-state index in [1.807, 2.05) is 0 Å². The maximum absolute atomic E-state index is 12.5. The average Bonchev–Trinajstić information content (AvgIpc) is 2.25.